The van der Waals surface area contributed by atoms with Crippen LogP contribution in [0.2, 0.25) is 0 Å². The molecule has 0 radical (unpaired) electrons. The van der Waals surface area contributed by atoms with Gasteiger partial charge in [0.25, 0.3) is 0 Å². The molecule has 2 rings (SSSR count). The number of hydrogen-bond donors (Lipinski definition) is 2. The Balaban J connectivity index is 1.93. The molecule has 0 saturated heterocycles. The molecule has 0 aliphatic heterocycles. The van der Waals surface area contributed by atoms with Crippen molar-refractivity contribution in [1.82, 2.24) is 5.32 Å². The molecule has 0 fully saturated rings. The van der Waals surface area contributed by atoms with Gasteiger partial charge in [0.2, 0.25) is 5.91 Å². The number of rotatable bonds is 6. The van der Waals surface area contributed by atoms with Gasteiger partial charge in [-0.2, -0.15) is 0 Å². The fraction of sp³-hybridized carbons (Fsp3) is 0.222. The van der Waals surface area contributed by atoms with Crippen molar-refractivity contribution in [3.05, 3.63) is 65.2 Å². The van der Waals surface area contributed by atoms with Crippen molar-refractivity contribution in [2.75, 3.05) is 11.9 Å². The van der Waals surface area contributed by atoms with Crippen LogP contribution in [0.15, 0.2) is 42.5 Å². The van der Waals surface area contributed by atoms with Gasteiger partial charge in [-0.15, -0.1) is 0 Å². The summed E-state index contributed by atoms with van der Waals surface area (Å²) in [5.74, 6) is -1.73. The molecule has 2 aromatic rings. The predicted molar refractivity (Wildman–Crippen MR) is 87.9 cm³/mol. The minimum atomic E-state index is -0.662. The molecule has 0 unspecified atom stereocenters. The van der Waals surface area contributed by atoms with E-state index < -0.39 is 17.7 Å². The van der Waals surface area contributed by atoms with Crippen molar-refractivity contribution < 1.29 is 18.4 Å². The van der Waals surface area contributed by atoms with E-state index in [9.17, 15) is 18.4 Å². The van der Waals surface area contributed by atoms with Crippen molar-refractivity contribution in [3.63, 3.8) is 0 Å². The van der Waals surface area contributed by atoms with E-state index in [1.807, 2.05) is 0 Å². The largest absolute Gasteiger partial charge is 0.325 e. The maximum Gasteiger partial charge on any atom is 0.238 e. The second kappa shape index (κ2) is 7.79. The van der Waals surface area contributed by atoms with Crippen molar-refractivity contribution >= 4 is 17.4 Å². The molecule has 1 atom stereocenters. The fourth-order valence-corrected chi connectivity index (χ4v) is 2.23. The van der Waals surface area contributed by atoms with Crippen LogP contribution in [0.1, 0.15) is 35.8 Å². The molecule has 2 aromatic carbocycles. The van der Waals surface area contributed by atoms with Crippen LogP contribution in [0, 0.1) is 11.6 Å². The highest BCUT2D eigenvalue weighted by Crippen LogP contribution is 2.17. The standard InChI is InChI=1S/C18H18F2N2O2/c1-11(16-7-6-14(19)9-17(16)20)21-10-18(24)22-15-5-3-4-13(8-15)12(2)23/h3-9,11,21H,10H2,1-2H3,(H,22,24)/t11-/m1/s1. The molecule has 0 bridgehead atoms. The lowest BCUT2D eigenvalue weighted by atomic mass is 10.1. The van der Waals surface area contributed by atoms with Gasteiger partial charge in [0, 0.05) is 28.9 Å². The second-order valence-corrected chi connectivity index (χ2v) is 5.45. The highest BCUT2D eigenvalue weighted by Gasteiger charge is 2.13. The summed E-state index contributed by atoms with van der Waals surface area (Å²) < 4.78 is 26.6. The van der Waals surface area contributed by atoms with Gasteiger partial charge in [-0.1, -0.05) is 18.2 Å². The first-order chi connectivity index (χ1) is 11.4. The average molecular weight is 332 g/mol. The summed E-state index contributed by atoms with van der Waals surface area (Å²) in [5, 5.41) is 5.54. The summed E-state index contributed by atoms with van der Waals surface area (Å²) >= 11 is 0. The van der Waals surface area contributed by atoms with Gasteiger partial charge in [0.1, 0.15) is 11.6 Å². The van der Waals surface area contributed by atoms with E-state index in [0.717, 1.165) is 6.07 Å². The Morgan fingerprint density at radius 1 is 1.12 bits per heavy atom. The fourth-order valence-electron chi connectivity index (χ4n) is 2.23. The predicted octanol–water partition coefficient (Wildman–Crippen LogP) is 3.46. The number of carbonyl (C=O) groups excluding carboxylic acids is 2. The summed E-state index contributed by atoms with van der Waals surface area (Å²) in [6, 6.07) is 9.46. The van der Waals surface area contributed by atoms with Crippen molar-refractivity contribution in [3.8, 4) is 0 Å². The molecule has 6 heteroatoms. The van der Waals surface area contributed by atoms with E-state index >= 15 is 0 Å². The second-order valence-electron chi connectivity index (χ2n) is 5.45. The van der Waals surface area contributed by atoms with Crippen LogP contribution in [0.3, 0.4) is 0 Å². The number of halogens is 2. The Labute approximate surface area is 138 Å². The smallest absolute Gasteiger partial charge is 0.238 e. The quantitative estimate of drug-likeness (QED) is 0.797. The lowest BCUT2D eigenvalue weighted by Crippen LogP contribution is -2.30. The number of nitrogens with one attached hydrogen (secondary N) is 2. The summed E-state index contributed by atoms with van der Waals surface area (Å²) in [6.07, 6.45) is 0. The zero-order valence-electron chi connectivity index (χ0n) is 13.4. The Morgan fingerprint density at radius 2 is 1.88 bits per heavy atom. The maximum atomic E-state index is 13.7. The number of hydrogen-bond acceptors (Lipinski definition) is 3. The van der Waals surface area contributed by atoms with E-state index in [4.69, 9.17) is 0 Å². The van der Waals surface area contributed by atoms with Gasteiger partial charge < -0.3 is 10.6 Å². The lowest BCUT2D eigenvalue weighted by Gasteiger charge is -2.15. The highest BCUT2D eigenvalue weighted by molar-refractivity contribution is 5.97. The monoisotopic (exact) mass is 332 g/mol. The van der Waals surface area contributed by atoms with E-state index in [1.165, 1.54) is 19.1 Å². The topological polar surface area (TPSA) is 58.2 Å². The van der Waals surface area contributed by atoms with Crippen molar-refractivity contribution in [1.29, 1.82) is 0 Å². The van der Waals surface area contributed by atoms with Crippen LogP contribution in [0.5, 0.6) is 0 Å². The molecule has 126 valence electrons. The van der Waals surface area contributed by atoms with Gasteiger partial charge in [-0.3, -0.25) is 9.59 Å². The molecule has 0 aliphatic carbocycles. The number of benzene rings is 2. The van der Waals surface area contributed by atoms with Crippen LogP contribution in [-0.4, -0.2) is 18.2 Å². The van der Waals surface area contributed by atoms with E-state index in [2.05, 4.69) is 10.6 Å². The number of anilines is 1. The molecule has 0 aliphatic rings. The van der Waals surface area contributed by atoms with Crippen LogP contribution < -0.4 is 10.6 Å². The first-order valence-corrected chi connectivity index (χ1v) is 7.46. The molecular weight excluding hydrogens is 314 g/mol. The molecule has 24 heavy (non-hydrogen) atoms. The first kappa shape index (κ1) is 17.7. The normalized spacial score (nSPS) is 11.8. The zero-order chi connectivity index (χ0) is 17.7. The molecule has 0 saturated carbocycles. The summed E-state index contributed by atoms with van der Waals surface area (Å²) in [5.41, 5.74) is 1.29. The third kappa shape index (κ3) is 4.70. The van der Waals surface area contributed by atoms with Crippen LogP contribution >= 0.6 is 0 Å². The maximum absolute atomic E-state index is 13.7. The summed E-state index contributed by atoms with van der Waals surface area (Å²) in [4.78, 5) is 23.3. The average Bonchev–Trinajstić information content (AvgIpc) is 2.53. The Bertz CT molecular complexity index is 762. The van der Waals surface area contributed by atoms with Gasteiger partial charge in [0.05, 0.1) is 6.54 Å². The molecular formula is C18H18F2N2O2. The Hall–Kier alpha value is -2.60. The Kier molecular flexibility index (Phi) is 5.76. The number of ketones is 1. The highest BCUT2D eigenvalue weighted by atomic mass is 19.1. The van der Waals surface area contributed by atoms with Gasteiger partial charge in [-0.05, 0) is 32.0 Å². The third-order valence-electron chi connectivity index (χ3n) is 3.55. The van der Waals surface area contributed by atoms with Crippen LogP contribution in [0.25, 0.3) is 0 Å². The van der Waals surface area contributed by atoms with Crippen LogP contribution in [-0.2, 0) is 4.79 Å². The molecule has 0 aromatic heterocycles. The number of carbonyl (C=O) groups is 2. The van der Waals surface area contributed by atoms with Crippen LogP contribution in [0.4, 0.5) is 14.5 Å². The number of Topliss-reactive ketones (excluding diaryl/α,β-unsaturated/α-hetero) is 1. The first-order valence-electron chi connectivity index (χ1n) is 7.46. The Morgan fingerprint density at radius 3 is 2.54 bits per heavy atom. The van der Waals surface area contributed by atoms with Gasteiger partial charge >= 0.3 is 0 Å². The molecule has 2 N–H and O–H groups in total. The summed E-state index contributed by atoms with van der Waals surface area (Å²) in [7, 11) is 0. The zero-order valence-corrected chi connectivity index (χ0v) is 13.4. The van der Waals surface area contributed by atoms with Gasteiger partial charge in [-0.25, -0.2) is 8.78 Å². The minimum absolute atomic E-state index is 0.0533. The molecule has 0 heterocycles. The molecule has 4 nitrogen and oxygen atoms in total. The molecule has 0 spiro atoms. The number of amides is 1. The van der Waals surface area contributed by atoms with E-state index in [-0.39, 0.29) is 23.8 Å². The molecule has 1 amide bonds. The minimum Gasteiger partial charge on any atom is -0.325 e. The lowest BCUT2D eigenvalue weighted by molar-refractivity contribution is -0.115. The van der Waals surface area contributed by atoms with Gasteiger partial charge in [0.15, 0.2) is 5.78 Å². The van der Waals surface area contributed by atoms with Crippen molar-refractivity contribution in [2.45, 2.75) is 19.9 Å². The summed E-state index contributed by atoms with van der Waals surface area (Å²) in [6.45, 7) is 3.07. The van der Waals surface area contributed by atoms with E-state index in [1.54, 1.807) is 31.2 Å². The third-order valence-corrected chi connectivity index (χ3v) is 3.55. The SMILES string of the molecule is CC(=O)c1cccc(NC(=O)CN[C@H](C)c2ccc(F)cc2F)c1. The van der Waals surface area contributed by atoms with Crippen molar-refractivity contribution in [2.24, 2.45) is 0 Å². The van der Waals surface area contributed by atoms with E-state index in [0.29, 0.717) is 11.3 Å².